The highest BCUT2D eigenvalue weighted by molar-refractivity contribution is 5.74. The van der Waals surface area contributed by atoms with E-state index in [1.54, 1.807) is 19.2 Å². The average molecular weight is 565 g/mol. The van der Waals surface area contributed by atoms with Gasteiger partial charge in [-0.1, -0.05) is 54.6 Å². The van der Waals surface area contributed by atoms with Gasteiger partial charge in [-0.05, 0) is 41.8 Å². The number of hydrogen-bond acceptors (Lipinski definition) is 7. The molecule has 2 N–H and O–H groups in total. The molecule has 1 fully saturated rings. The smallest absolute Gasteiger partial charge is 0.176 e. The van der Waals surface area contributed by atoms with Crippen molar-refractivity contribution in [2.45, 2.75) is 36.2 Å². The van der Waals surface area contributed by atoms with E-state index >= 15 is 0 Å². The Morgan fingerprint density at radius 1 is 0.929 bits per heavy atom. The fourth-order valence-electron chi connectivity index (χ4n) is 6.83. The van der Waals surface area contributed by atoms with Crippen molar-refractivity contribution in [3.63, 3.8) is 0 Å². The van der Waals surface area contributed by atoms with Crippen molar-refractivity contribution in [1.29, 1.82) is 0 Å². The number of imidazole rings is 1. The number of nitrogens with zero attached hydrogens (tertiary/aromatic N) is 2. The first kappa shape index (κ1) is 26.4. The highest BCUT2D eigenvalue weighted by Gasteiger charge is 2.73. The number of methoxy groups -OCH3 is 2. The van der Waals surface area contributed by atoms with Gasteiger partial charge in [0, 0.05) is 18.1 Å². The van der Waals surface area contributed by atoms with Gasteiger partial charge in [0.2, 0.25) is 0 Å². The second-order valence-electron chi connectivity index (χ2n) is 10.8. The molecule has 42 heavy (non-hydrogen) atoms. The summed E-state index contributed by atoms with van der Waals surface area (Å²) >= 11 is 0. The van der Waals surface area contributed by atoms with Crippen molar-refractivity contribution < 1.29 is 29.2 Å². The number of benzene rings is 4. The van der Waals surface area contributed by atoms with Gasteiger partial charge in [0.25, 0.3) is 0 Å². The minimum Gasteiger partial charge on any atom is -0.496 e. The molecule has 4 atom stereocenters. The van der Waals surface area contributed by atoms with Crippen molar-refractivity contribution in [2.75, 3.05) is 20.8 Å². The number of aromatic nitrogens is 2. The molecule has 5 aromatic rings. The van der Waals surface area contributed by atoms with Crippen LogP contribution in [0.5, 0.6) is 23.0 Å². The highest BCUT2D eigenvalue weighted by atomic mass is 16.5. The van der Waals surface area contributed by atoms with E-state index in [1.807, 2.05) is 85.2 Å². The highest BCUT2D eigenvalue weighted by Crippen LogP contribution is 2.68. The third-order valence-electron chi connectivity index (χ3n) is 8.76. The number of hydrogen-bond donors (Lipinski definition) is 2. The summed E-state index contributed by atoms with van der Waals surface area (Å²) in [6, 6.07) is 28.9. The molecule has 8 heteroatoms. The lowest BCUT2D eigenvalue weighted by Gasteiger charge is -2.40. The molecule has 8 nitrogen and oxygen atoms in total. The molecule has 0 bridgehead atoms. The molecule has 0 unspecified atom stereocenters. The van der Waals surface area contributed by atoms with Gasteiger partial charge < -0.3 is 33.7 Å². The van der Waals surface area contributed by atoms with Crippen LogP contribution in [0.1, 0.15) is 29.0 Å². The van der Waals surface area contributed by atoms with Crippen molar-refractivity contribution in [2.24, 2.45) is 0 Å². The largest absolute Gasteiger partial charge is 0.496 e. The van der Waals surface area contributed by atoms with Crippen LogP contribution in [0.25, 0.3) is 11.0 Å². The van der Waals surface area contributed by atoms with E-state index in [-0.39, 0.29) is 5.92 Å². The van der Waals surface area contributed by atoms with E-state index in [0.717, 1.165) is 22.2 Å². The van der Waals surface area contributed by atoms with Gasteiger partial charge in [-0.3, -0.25) is 0 Å². The van der Waals surface area contributed by atoms with Gasteiger partial charge in [-0.25, -0.2) is 4.98 Å². The molecule has 214 valence electrons. The minimum atomic E-state index is -1.79. The molecule has 1 aliphatic carbocycles. The second kappa shape index (κ2) is 10.1. The fourth-order valence-corrected chi connectivity index (χ4v) is 6.83. The van der Waals surface area contributed by atoms with E-state index in [4.69, 9.17) is 18.9 Å². The van der Waals surface area contributed by atoms with Gasteiger partial charge in [-0.2, -0.15) is 0 Å². The van der Waals surface area contributed by atoms with Crippen LogP contribution in [0, 0.1) is 0 Å². The molecule has 1 aliphatic heterocycles. The van der Waals surface area contributed by atoms with Crippen LogP contribution < -0.4 is 18.9 Å². The van der Waals surface area contributed by atoms with E-state index in [0.29, 0.717) is 48.1 Å². The van der Waals surface area contributed by atoms with E-state index in [9.17, 15) is 10.2 Å². The van der Waals surface area contributed by atoms with Crippen molar-refractivity contribution in [3.05, 3.63) is 114 Å². The van der Waals surface area contributed by atoms with Crippen molar-refractivity contribution in [1.82, 2.24) is 9.55 Å². The Balaban J connectivity index is 1.25. The van der Waals surface area contributed by atoms with Gasteiger partial charge in [0.15, 0.2) is 11.2 Å². The molecule has 2 heterocycles. The number of fused-ring (bicyclic) bond motifs is 4. The Morgan fingerprint density at radius 3 is 2.45 bits per heavy atom. The van der Waals surface area contributed by atoms with Gasteiger partial charge >= 0.3 is 0 Å². The van der Waals surface area contributed by atoms with Gasteiger partial charge in [-0.15, -0.1) is 0 Å². The van der Waals surface area contributed by atoms with E-state index in [1.165, 1.54) is 7.11 Å². The lowest BCUT2D eigenvalue weighted by atomic mass is 9.71. The van der Waals surface area contributed by atoms with Gasteiger partial charge in [0.1, 0.15) is 29.6 Å². The summed E-state index contributed by atoms with van der Waals surface area (Å²) in [7, 11) is 3.10. The van der Waals surface area contributed by atoms with Crippen LogP contribution in [0.4, 0.5) is 0 Å². The monoisotopic (exact) mass is 564 g/mol. The number of ether oxygens (including phenoxy) is 4. The lowest BCUT2D eigenvalue weighted by Crippen LogP contribution is -2.52. The molecule has 4 aromatic carbocycles. The predicted octanol–water partition coefficient (Wildman–Crippen LogP) is 5.16. The Kier molecular flexibility index (Phi) is 6.33. The summed E-state index contributed by atoms with van der Waals surface area (Å²) in [6.45, 7) is 1.10. The summed E-state index contributed by atoms with van der Waals surface area (Å²) in [5, 5.41) is 24.2. The normalized spacial score (nSPS) is 24.2. The molecule has 1 saturated carbocycles. The summed E-state index contributed by atoms with van der Waals surface area (Å²) in [5.41, 5.74) is 0.998. The van der Waals surface area contributed by atoms with Crippen LogP contribution in [0.2, 0.25) is 0 Å². The number of para-hydroxylation sites is 2. The Labute approximate surface area is 243 Å². The zero-order valence-corrected chi connectivity index (χ0v) is 23.4. The summed E-state index contributed by atoms with van der Waals surface area (Å²) in [4.78, 5) is 4.45. The number of aliphatic hydroxyl groups excluding tert-OH is 1. The zero-order chi connectivity index (χ0) is 28.9. The maximum Gasteiger partial charge on any atom is 0.176 e. The second-order valence-corrected chi connectivity index (χ2v) is 10.8. The van der Waals surface area contributed by atoms with Gasteiger partial charge in [0.05, 0.1) is 49.8 Å². The van der Waals surface area contributed by atoms with Crippen LogP contribution in [-0.2, 0) is 17.7 Å². The predicted molar refractivity (Wildman–Crippen MR) is 157 cm³/mol. The molecule has 0 saturated heterocycles. The molecular weight excluding hydrogens is 532 g/mol. The van der Waals surface area contributed by atoms with Crippen LogP contribution in [0.15, 0.2) is 97.3 Å². The third kappa shape index (κ3) is 3.79. The maximum absolute atomic E-state index is 12.6. The molecular formula is C34H32N2O6. The molecule has 0 amide bonds. The standard InChI is InChI=1S/C34H32N2O6/c1-39-25-18-29(40-2)32-30(19-25)42-34(26(20-31(37)33(32,34)38)22-8-4-3-5-9-22)23-12-14-24(15-13-23)41-17-16-36-21-35-27-10-6-7-11-28(27)36/h3-15,18-19,21,26,31,37-38H,16-17,20H2,1-2H3/t26-,31+,33+,34-/m0/s1. The third-order valence-corrected chi connectivity index (χ3v) is 8.76. The Bertz CT molecular complexity index is 1740. The summed E-state index contributed by atoms with van der Waals surface area (Å²) < 4.78 is 26.2. The minimum absolute atomic E-state index is 0.298. The lowest BCUT2D eigenvalue weighted by molar-refractivity contribution is -0.150. The molecule has 0 spiro atoms. The first-order chi connectivity index (χ1) is 20.5. The molecule has 2 aliphatic rings. The zero-order valence-electron chi connectivity index (χ0n) is 23.4. The first-order valence-electron chi connectivity index (χ1n) is 14.0. The number of rotatable bonds is 8. The van der Waals surface area contributed by atoms with Crippen molar-refractivity contribution in [3.8, 4) is 23.0 Å². The van der Waals surface area contributed by atoms with Crippen LogP contribution in [-0.4, -0.2) is 46.7 Å². The molecule has 0 radical (unpaired) electrons. The van der Waals surface area contributed by atoms with Crippen LogP contribution in [0.3, 0.4) is 0 Å². The molecule has 1 aromatic heterocycles. The first-order valence-corrected chi connectivity index (χ1v) is 14.0. The maximum atomic E-state index is 12.6. The Hall–Kier alpha value is -4.53. The van der Waals surface area contributed by atoms with E-state index < -0.39 is 17.3 Å². The van der Waals surface area contributed by atoms with E-state index in [2.05, 4.69) is 9.55 Å². The SMILES string of the molecule is COc1cc(OC)c2c(c1)O[C@@]1(c3ccc(OCCn4cnc5ccccc54)cc3)[C@H](c3ccccc3)C[C@@H](O)[C@@]21O. The average Bonchev–Trinajstić information content (AvgIpc) is 3.64. The quantitative estimate of drug-likeness (QED) is 0.269. The Morgan fingerprint density at radius 2 is 1.69 bits per heavy atom. The number of aliphatic hydroxyl groups is 2. The summed E-state index contributed by atoms with van der Waals surface area (Å²) in [6.07, 6.45) is 1.00. The fraction of sp³-hybridized carbons (Fsp3) is 0.265. The topological polar surface area (TPSA) is 95.2 Å². The van der Waals surface area contributed by atoms with Crippen molar-refractivity contribution >= 4 is 11.0 Å². The van der Waals surface area contributed by atoms with Crippen LogP contribution >= 0.6 is 0 Å². The molecule has 7 rings (SSSR count). The summed E-state index contributed by atoms with van der Waals surface area (Å²) in [5.74, 6) is 1.68.